The number of benzene rings is 1. The first-order valence-corrected chi connectivity index (χ1v) is 7.08. The molecule has 21 heavy (non-hydrogen) atoms. The molecule has 2 N–H and O–H groups in total. The highest BCUT2D eigenvalue weighted by Gasteiger charge is 2.24. The Morgan fingerprint density at radius 2 is 1.71 bits per heavy atom. The summed E-state index contributed by atoms with van der Waals surface area (Å²) in [6, 6.07) is 3.35. The van der Waals surface area contributed by atoms with Crippen molar-refractivity contribution in [2.24, 2.45) is 0 Å². The molecule has 0 amide bonds. The predicted octanol–water partition coefficient (Wildman–Crippen LogP) is 4.12. The molecule has 0 saturated heterocycles. The minimum atomic E-state index is -0.633. The molecule has 3 nitrogen and oxygen atoms in total. The molecule has 1 aromatic carbocycles. The summed E-state index contributed by atoms with van der Waals surface area (Å²) >= 11 is 0. The number of nitrogens with two attached hydrogens (primary N) is 1. The Morgan fingerprint density at radius 3 is 2.19 bits per heavy atom. The third kappa shape index (κ3) is 3.06. The van der Waals surface area contributed by atoms with Crippen molar-refractivity contribution in [2.45, 2.75) is 46.1 Å². The van der Waals surface area contributed by atoms with E-state index >= 15 is 0 Å². The van der Waals surface area contributed by atoms with Crippen molar-refractivity contribution in [2.75, 3.05) is 5.73 Å². The van der Waals surface area contributed by atoms with Crippen LogP contribution in [0.1, 0.15) is 39.9 Å². The molecule has 2 aromatic rings. The van der Waals surface area contributed by atoms with Crippen molar-refractivity contribution < 1.29 is 8.78 Å². The molecule has 0 aliphatic rings. The second kappa shape index (κ2) is 5.47. The first-order valence-electron chi connectivity index (χ1n) is 7.08. The van der Waals surface area contributed by atoms with Gasteiger partial charge in [0, 0.05) is 23.6 Å². The summed E-state index contributed by atoms with van der Waals surface area (Å²) in [7, 11) is 0. The van der Waals surface area contributed by atoms with E-state index in [1.165, 1.54) is 12.1 Å². The number of rotatable bonds is 3. The molecule has 0 bridgehead atoms. The van der Waals surface area contributed by atoms with Gasteiger partial charge in [-0.05, 0) is 39.3 Å². The fourth-order valence-corrected chi connectivity index (χ4v) is 2.52. The van der Waals surface area contributed by atoms with E-state index in [1.807, 2.05) is 25.3 Å². The van der Waals surface area contributed by atoms with Gasteiger partial charge in [-0.1, -0.05) is 6.92 Å². The predicted molar refractivity (Wildman–Crippen MR) is 81.0 cm³/mol. The summed E-state index contributed by atoms with van der Waals surface area (Å²) in [6.45, 7) is 8.14. The maximum atomic E-state index is 13.4. The van der Waals surface area contributed by atoms with Crippen LogP contribution in [0, 0.1) is 11.6 Å². The number of nitrogen functional groups attached to an aromatic ring is 1. The van der Waals surface area contributed by atoms with E-state index in [4.69, 9.17) is 5.73 Å². The van der Waals surface area contributed by atoms with Gasteiger partial charge in [0.25, 0.3) is 0 Å². The topological polar surface area (TPSA) is 43.8 Å². The molecule has 5 heteroatoms. The second-order valence-corrected chi connectivity index (χ2v) is 6.18. The van der Waals surface area contributed by atoms with Crippen LogP contribution in [0.15, 0.2) is 18.2 Å². The van der Waals surface area contributed by atoms with Gasteiger partial charge in [-0.25, -0.2) is 13.8 Å². The molecule has 0 aliphatic heterocycles. The summed E-state index contributed by atoms with van der Waals surface area (Å²) in [6.07, 6.45) is 1.68. The lowest BCUT2D eigenvalue weighted by molar-refractivity contribution is 0.387. The molecule has 0 unspecified atom stereocenters. The highest BCUT2D eigenvalue weighted by Crippen LogP contribution is 2.32. The van der Waals surface area contributed by atoms with Crippen molar-refractivity contribution in [1.29, 1.82) is 0 Å². The van der Waals surface area contributed by atoms with E-state index in [0.29, 0.717) is 17.1 Å². The SMILES string of the molecule is CCCc1nc(-c2cc(F)cc(F)c2)c(N)n1C(C)(C)C. The summed E-state index contributed by atoms with van der Waals surface area (Å²) < 4.78 is 28.8. The zero-order chi connectivity index (χ0) is 15.8. The van der Waals surface area contributed by atoms with E-state index in [-0.39, 0.29) is 5.54 Å². The largest absolute Gasteiger partial charge is 0.383 e. The number of nitrogens with zero attached hydrogens (tertiary/aromatic N) is 2. The Kier molecular flexibility index (Phi) is 4.03. The van der Waals surface area contributed by atoms with Crippen molar-refractivity contribution in [3.05, 3.63) is 35.7 Å². The van der Waals surface area contributed by atoms with Crippen LogP contribution >= 0.6 is 0 Å². The third-order valence-electron chi connectivity index (χ3n) is 3.26. The average molecular weight is 293 g/mol. The van der Waals surface area contributed by atoms with Gasteiger partial charge in [-0.2, -0.15) is 0 Å². The Balaban J connectivity index is 2.65. The highest BCUT2D eigenvalue weighted by molar-refractivity contribution is 5.71. The summed E-state index contributed by atoms with van der Waals surface area (Å²) in [5, 5.41) is 0. The lowest BCUT2D eigenvalue weighted by Crippen LogP contribution is -2.25. The van der Waals surface area contributed by atoms with Gasteiger partial charge < -0.3 is 10.3 Å². The average Bonchev–Trinajstić information content (AvgIpc) is 2.65. The van der Waals surface area contributed by atoms with E-state index in [1.54, 1.807) is 0 Å². The molecule has 0 saturated carbocycles. The molecule has 2 rings (SSSR count). The first-order chi connectivity index (χ1) is 9.74. The Hall–Kier alpha value is -1.91. The minimum absolute atomic E-state index is 0.244. The number of aryl methyl sites for hydroxylation is 1. The van der Waals surface area contributed by atoms with Crippen LogP contribution in [0.2, 0.25) is 0 Å². The molecular formula is C16H21F2N3. The van der Waals surface area contributed by atoms with Crippen molar-refractivity contribution in [1.82, 2.24) is 9.55 Å². The molecule has 0 radical (unpaired) electrons. The highest BCUT2D eigenvalue weighted by atomic mass is 19.1. The zero-order valence-corrected chi connectivity index (χ0v) is 12.9. The van der Waals surface area contributed by atoms with Crippen LogP contribution < -0.4 is 5.73 Å². The van der Waals surface area contributed by atoms with Gasteiger partial charge >= 0.3 is 0 Å². The minimum Gasteiger partial charge on any atom is -0.383 e. The number of anilines is 1. The van der Waals surface area contributed by atoms with E-state index in [9.17, 15) is 8.78 Å². The van der Waals surface area contributed by atoms with Crippen LogP contribution in [0.25, 0.3) is 11.3 Å². The maximum absolute atomic E-state index is 13.4. The smallest absolute Gasteiger partial charge is 0.132 e. The summed E-state index contributed by atoms with van der Waals surface area (Å²) in [5.41, 5.74) is 6.77. The van der Waals surface area contributed by atoms with Gasteiger partial charge in [0.05, 0.1) is 0 Å². The lowest BCUT2D eigenvalue weighted by atomic mass is 10.1. The van der Waals surface area contributed by atoms with Gasteiger partial charge in [0.15, 0.2) is 0 Å². The molecule has 1 heterocycles. The van der Waals surface area contributed by atoms with Crippen LogP contribution in [-0.2, 0) is 12.0 Å². The van der Waals surface area contributed by atoms with E-state index < -0.39 is 11.6 Å². The third-order valence-corrected chi connectivity index (χ3v) is 3.26. The van der Waals surface area contributed by atoms with E-state index in [2.05, 4.69) is 11.9 Å². The van der Waals surface area contributed by atoms with Crippen molar-refractivity contribution in [3.63, 3.8) is 0 Å². The number of halogens is 2. The molecular weight excluding hydrogens is 272 g/mol. The molecule has 114 valence electrons. The van der Waals surface area contributed by atoms with Crippen molar-refractivity contribution >= 4 is 5.82 Å². The number of hydrogen-bond donors (Lipinski definition) is 1. The molecule has 0 fully saturated rings. The monoisotopic (exact) mass is 293 g/mol. The summed E-state index contributed by atoms with van der Waals surface area (Å²) in [4.78, 5) is 4.52. The fraction of sp³-hybridized carbons (Fsp3) is 0.438. The lowest BCUT2D eigenvalue weighted by Gasteiger charge is -2.25. The Morgan fingerprint density at radius 1 is 1.14 bits per heavy atom. The zero-order valence-electron chi connectivity index (χ0n) is 12.9. The van der Waals surface area contributed by atoms with Crippen LogP contribution in [0.3, 0.4) is 0 Å². The molecule has 0 atom stereocenters. The van der Waals surface area contributed by atoms with Crippen LogP contribution in [0.4, 0.5) is 14.6 Å². The van der Waals surface area contributed by atoms with Gasteiger partial charge in [-0.15, -0.1) is 0 Å². The van der Waals surface area contributed by atoms with Gasteiger partial charge in [-0.3, -0.25) is 0 Å². The molecule has 0 aliphatic carbocycles. The van der Waals surface area contributed by atoms with Crippen LogP contribution in [0.5, 0.6) is 0 Å². The van der Waals surface area contributed by atoms with Gasteiger partial charge in [0.2, 0.25) is 0 Å². The fourth-order valence-electron chi connectivity index (χ4n) is 2.52. The Labute approximate surface area is 123 Å². The number of hydrogen-bond acceptors (Lipinski definition) is 2. The number of aromatic nitrogens is 2. The first kappa shape index (κ1) is 15.5. The Bertz CT molecular complexity index is 634. The number of imidazole rings is 1. The molecule has 0 spiro atoms. The normalized spacial score (nSPS) is 11.9. The van der Waals surface area contributed by atoms with Gasteiger partial charge in [0.1, 0.15) is 29.0 Å². The quantitative estimate of drug-likeness (QED) is 0.925. The summed E-state index contributed by atoms with van der Waals surface area (Å²) in [5.74, 6) is 0.0108. The van der Waals surface area contributed by atoms with E-state index in [0.717, 1.165) is 24.7 Å². The second-order valence-electron chi connectivity index (χ2n) is 6.18. The maximum Gasteiger partial charge on any atom is 0.132 e. The van der Waals surface area contributed by atoms with Crippen LogP contribution in [-0.4, -0.2) is 9.55 Å². The standard InChI is InChI=1S/C16H21F2N3/c1-5-6-13-20-14(15(19)21(13)16(2,3)4)10-7-11(17)9-12(18)8-10/h7-9H,5-6,19H2,1-4H3. The molecule has 1 aromatic heterocycles. The van der Waals surface area contributed by atoms with Crippen molar-refractivity contribution in [3.8, 4) is 11.3 Å².